The molecular formula is C11H14N2O. The topological polar surface area (TPSA) is 27.1 Å². The molecule has 0 radical (unpaired) electrons. The Morgan fingerprint density at radius 3 is 2.64 bits per heavy atom. The Morgan fingerprint density at radius 2 is 2.00 bits per heavy atom. The first-order valence-electron chi connectivity index (χ1n) is 4.61. The van der Waals surface area contributed by atoms with E-state index in [4.69, 9.17) is 4.74 Å². The van der Waals surface area contributed by atoms with Crippen molar-refractivity contribution in [2.75, 3.05) is 7.11 Å². The number of benzene rings is 1. The lowest BCUT2D eigenvalue weighted by Crippen LogP contribution is -1.91. The van der Waals surface area contributed by atoms with Crippen molar-refractivity contribution in [2.45, 2.75) is 13.8 Å². The third-order valence-corrected chi connectivity index (χ3v) is 2.62. The van der Waals surface area contributed by atoms with E-state index < -0.39 is 0 Å². The van der Waals surface area contributed by atoms with E-state index >= 15 is 0 Å². The lowest BCUT2D eigenvalue weighted by molar-refractivity contribution is 0.412. The van der Waals surface area contributed by atoms with Crippen LogP contribution in [-0.4, -0.2) is 16.7 Å². The molecule has 2 aromatic rings. The maximum Gasteiger partial charge on any atom is 0.124 e. The van der Waals surface area contributed by atoms with E-state index in [1.54, 1.807) is 7.11 Å². The molecule has 14 heavy (non-hydrogen) atoms. The molecule has 0 aliphatic heterocycles. The Bertz CT molecular complexity index is 485. The van der Waals surface area contributed by atoms with Crippen molar-refractivity contribution in [3.8, 4) is 5.75 Å². The summed E-state index contributed by atoms with van der Waals surface area (Å²) in [6.07, 6.45) is 0. The summed E-state index contributed by atoms with van der Waals surface area (Å²) in [4.78, 5) is 4.45. The molecule has 0 unspecified atom stereocenters. The van der Waals surface area contributed by atoms with E-state index in [0.29, 0.717) is 0 Å². The molecule has 2 rings (SSSR count). The molecule has 3 heteroatoms. The summed E-state index contributed by atoms with van der Waals surface area (Å²) in [6, 6.07) is 4.09. The Hall–Kier alpha value is -1.51. The van der Waals surface area contributed by atoms with Crippen molar-refractivity contribution >= 4 is 11.0 Å². The first-order chi connectivity index (χ1) is 6.63. The van der Waals surface area contributed by atoms with Crippen molar-refractivity contribution in [1.82, 2.24) is 9.55 Å². The lowest BCUT2D eigenvalue weighted by atomic mass is 10.2. The number of imidazole rings is 1. The first-order valence-corrected chi connectivity index (χ1v) is 4.61. The zero-order chi connectivity index (χ0) is 10.3. The molecule has 0 bridgehead atoms. The van der Waals surface area contributed by atoms with E-state index in [-0.39, 0.29) is 0 Å². The van der Waals surface area contributed by atoms with Crippen LogP contribution in [0.5, 0.6) is 5.75 Å². The van der Waals surface area contributed by atoms with Gasteiger partial charge in [0.15, 0.2) is 0 Å². The molecule has 0 atom stereocenters. The highest BCUT2D eigenvalue weighted by molar-refractivity contribution is 5.79. The molecule has 1 aromatic carbocycles. The molecule has 0 fully saturated rings. The van der Waals surface area contributed by atoms with Crippen molar-refractivity contribution in [1.29, 1.82) is 0 Å². The van der Waals surface area contributed by atoms with Gasteiger partial charge in [-0.3, -0.25) is 0 Å². The molecule has 0 spiro atoms. The minimum absolute atomic E-state index is 0.899. The molecule has 0 aliphatic carbocycles. The van der Waals surface area contributed by atoms with Gasteiger partial charge in [-0.25, -0.2) is 4.98 Å². The molecule has 3 nitrogen and oxygen atoms in total. The molecule has 0 saturated heterocycles. The summed E-state index contributed by atoms with van der Waals surface area (Å²) in [5.41, 5.74) is 3.29. The highest BCUT2D eigenvalue weighted by atomic mass is 16.5. The van der Waals surface area contributed by atoms with Gasteiger partial charge in [0, 0.05) is 13.1 Å². The SMILES string of the molecule is COc1cc2nc(C)n(C)c2cc1C. The second-order valence-corrected chi connectivity index (χ2v) is 3.53. The van der Waals surface area contributed by atoms with Gasteiger partial charge in [0.1, 0.15) is 11.6 Å². The van der Waals surface area contributed by atoms with Crippen LogP contribution in [-0.2, 0) is 7.05 Å². The van der Waals surface area contributed by atoms with Crippen LogP contribution in [0.25, 0.3) is 11.0 Å². The van der Waals surface area contributed by atoms with Gasteiger partial charge < -0.3 is 9.30 Å². The van der Waals surface area contributed by atoms with Gasteiger partial charge >= 0.3 is 0 Å². The van der Waals surface area contributed by atoms with Crippen LogP contribution in [0.4, 0.5) is 0 Å². The van der Waals surface area contributed by atoms with Gasteiger partial charge in [0.2, 0.25) is 0 Å². The number of rotatable bonds is 1. The predicted molar refractivity (Wildman–Crippen MR) is 56.7 cm³/mol. The van der Waals surface area contributed by atoms with E-state index in [1.165, 1.54) is 0 Å². The van der Waals surface area contributed by atoms with Gasteiger partial charge in [-0.2, -0.15) is 0 Å². The van der Waals surface area contributed by atoms with Crippen LogP contribution in [0.1, 0.15) is 11.4 Å². The molecular weight excluding hydrogens is 176 g/mol. The fraction of sp³-hybridized carbons (Fsp3) is 0.364. The number of nitrogens with zero attached hydrogens (tertiary/aromatic N) is 2. The normalized spacial score (nSPS) is 10.9. The Morgan fingerprint density at radius 1 is 1.29 bits per heavy atom. The Balaban J connectivity index is 2.79. The second-order valence-electron chi connectivity index (χ2n) is 3.53. The number of hydrogen-bond donors (Lipinski definition) is 0. The van der Waals surface area contributed by atoms with Crippen LogP contribution in [0.15, 0.2) is 12.1 Å². The van der Waals surface area contributed by atoms with E-state index in [9.17, 15) is 0 Å². The van der Waals surface area contributed by atoms with E-state index in [1.807, 2.05) is 27.0 Å². The number of ether oxygens (including phenoxy) is 1. The van der Waals surface area contributed by atoms with Gasteiger partial charge in [-0.1, -0.05) is 0 Å². The maximum absolute atomic E-state index is 5.25. The minimum atomic E-state index is 0.899. The Labute approximate surface area is 83.3 Å². The van der Waals surface area contributed by atoms with Crippen molar-refractivity contribution in [2.24, 2.45) is 7.05 Å². The second kappa shape index (κ2) is 3.01. The summed E-state index contributed by atoms with van der Waals surface area (Å²) in [5, 5.41) is 0. The minimum Gasteiger partial charge on any atom is -0.496 e. The average Bonchev–Trinajstić information content (AvgIpc) is 2.43. The average molecular weight is 190 g/mol. The summed E-state index contributed by atoms with van der Waals surface area (Å²) in [6.45, 7) is 4.04. The van der Waals surface area contributed by atoms with E-state index in [2.05, 4.69) is 15.6 Å². The zero-order valence-corrected chi connectivity index (χ0v) is 8.96. The first kappa shape index (κ1) is 9.06. The number of hydrogen-bond acceptors (Lipinski definition) is 2. The maximum atomic E-state index is 5.25. The summed E-state index contributed by atoms with van der Waals surface area (Å²) >= 11 is 0. The van der Waals surface area contributed by atoms with Crippen molar-refractivity contribution < 1.29 is 4.74 Å². The largest absolute Gasteiger partial charge is 0.496 e. The third kappa shape index (κ3) is 1.16. The predicted octanol–water partition coefficient (Wildman–Crippen LogP) is 2.20. The molecule has 0 saturated carbocycles. The van der Waals surface area contributed by atoms with Gasteiger partial charge in [0.25, 0.3) is 0 Å². The van der Waals surface area contributed by atoms with Crippen molar-refractivity contribution in [3.05, 3.63) is 23.5 Å². The quantitative estimate of drug-likeness (QED) is 0.689. The third-order valence-electron chi connectivity index (χ3n) is 2.62. The summed E-state index contributed by atoms with van der Waals surface area (Å²) in [5.74, 6) is 1.92. The van der Waals surface area contributed by atoms with Crippen LogP contribution in [0.3, 0.4) is 0 Å². The number of aryl methyl sites for hydroxylation is 3. The van der Waals surface area contributed by atoms with E-state index in [0.717, 1.165) is 28.2 Å². The van der Waals surface area contributed by atoms with Gasteiger partial charge in [0.05, 0.1) is 18.1 Å². The highest BCUT2D eigenvalue weighted by Crippen LogP contribution is 2.24. The van der Waals surface area contributed by atoms with Crippen LogP contribution in [0.2, 0.25) is 0 Å². The number of fused-ring (bicyclic) bond motifs is 1. The summed E-state index contributed by atoms with van der Waals surface area (Å²) in [7, 11) is 3.71. The molecule has 1 aromatic heterocycles. The Kier molecular flexibility index (Phi) is 1.95. The fourth-order valence-corrected chi connectivity index (χ4v) is 1.66. The van der Waals surface area contributed by atoms with Crippen LogP contribution < -0.4 is 4.74 Å². The standard InChI is InChI=1S/C11H14N2O/c1-7-5-10-9(6-11(7)14-4)12-8(2)13(10)3/h5-6H,1-4H3. The number of methoxy groups -OCH3 is 1. The zero-order valence-electron chi connectivity index (χ0n) is 8.96. The van der Waals surface area contributed by atoms with Crippen LogP contribution in [0, 0.1) is 13.8 Å². The smallest absolute Gasteiger partial charge is 0.124 e. The molecule has 0 aliphatic rings. The van der Waals surface area contributed by atoms with Gasteiger partial charge in [-0.15, -0.1) is 0 Å². The lowest BCUT2D eigenvalue weighted by Gasteiger charge is -2.04. The fourth-order valence-electron chi connectivity index (χ4n) is 1.66. The summed E-state index contributed by atoms with van der Waals surface area (Å²) < 4.78 is 7.34. The van der Waals surface area contributed by atoms with Gasteiger partial charge in [-0.05, 0) is 25.5 Å². The van der Waals surface area contributed by atoms with Crippen LogP contribution >= 0.6 is 0 Å². The monoisotopic (exact) mass is 190 g/mol. The number of aromatic nitrogens is 2. The van der Waals surface area contributed by atoms with Crippen molar-refractivity contribution in [3.63, 3.8) is 0 Å². The molecule has 1 heterocycles. The molecule has 0 N–H and O–H groups in total. The molecule has 0 amide bonds. The highest BCUT2D eigenvalue weighted by Gasteiger charge is 2.07. The molecule has 74 valence electrons.